The summed E-state index contributed by atoms with van der Waals surface area (Å²) in [5, 5.41) is 0.447. The first-order valence-corrected chi connectivity index (χ1v) is 12.6. The fourth-order valence-corrected chi connectivity index (χ4v) is 5.12. The Morgan fingerprint density at radius 3 is 2.69 bits per heavy atom. The number of carbonyl (C=O) groups excluding carboxylic acids is 2. The monoisotopic (exact) mass is 490 g/mol. The van der Waals surface area contributed by atoms with Gasteiger partial charge in [0.1, 0.15) is 23.6 Å². The van der Waals surface area contributed by atoms with Crippen LogP contribution in [0.25, 0.3) is 10.9 Å². The van der Waals surface area contributed by atoms with Crippen molar-refractivity contribution in [1.29, 1.82) is 0 Å². The van der Waals surface area contributed by atoms with E-state index in [1.165, 1.54) is 42.6 Å². The Balaban J connectivity index is 1.16. The molecule has 36 heavy (non-hydrogen) atoms. The number of piperazine rings is 1. The van der Waals surface area contributed by atoms with Crippen LogP contribution in [0, 0.1) is 5.82 Å². The van der Waals surface area contributed by atoms with Crippen molar-refractivity contribution in [3.05, 3.63) is 66.1 Å². The molecule has 3 aromatic rings. The number of hydrogen-bond donors (Lipinski definition) is 0. The van der Waals surface area contributed by atoms with Gasteiger partial charge < -0.3 is 19.4 Å². The first-order valence-electron chi connectivity index (χ1n) is 12.6. The predicted molar refractivity (Wildman–Crippen MR) is 137 cm³/mol. The van der Waals surface area contributed by atoms with Crippen molar-refractivity contribution in [2.24, 2.45) is 0 Å². The summed E-state index contributed by atoms with van der Waals surface area (Å²) in [6.07, 6.45) is 5.04. The van der Waals surface area contributed by atoms with Crippen LogP contribution < -0.4 is 9.64 Å². The molecule has 2 aliphatic rings. The first-order chi connectivity index (χ1) is 17.5. The Morgan fingerprint density at radius 2 is 1.94 bits per heavy atom. The second-order valence-corrected chi connectivity index (χ2v) is 9.49. The largest absolute Gasteiger partial charge is 0.494 e. The van der Waals surface area contributed by atoms with Crippen molar-refractivity contribution in [3.8, 4) is 5.75 Å². The maximum atomic E-state index is 14.1. The molecule has 1 unspecified atom stereocenters. The van der Waals surface area contributed by atoms with E-state index in [0.717, 1.165) is 24.4 Å². The molecule has 2 fully saturated rings. The highest BCUT2D eigenvalue weighted by atomic mass is 19.1. The van der Waals surface area contributed by atoms with Gasteiger partial charge in [0.05, 0.1) is 6.61 Å². The van der Waals surface area contributed by atoms with E-state index in [4.69, 9.17) is 4.74 Å². The Labute approximate surface area is 210 Å². The topological polar surface area (TPSA) is 66.0 Å². The number of anilines is 1. The Kier molecular flexibility index (Phi) is 7.13. The Hall–Kier alpha value is -3.52. The van der Waals surface area contributed by atoms with Gasteiger partial charge >= 0.3 is 0 Å². The number of amides is 2. The number of likely N-dealkylation sites (tertiary alicyclic amines) is 1. The van der Waals surface area contributed by atoms with Gasteiger partial charge in [0.25, 0.3) is 5.91 Å². The molecule has 7 nitrogen and oxygen atoms in total. The molecule has 2 aromatic carbocycles. The van der Waals surface area contributed by atoms with E-state index in [0.29, 0.717) is 36.7 Å². The molecule has 5 rings (SSSR count). The van der Waals surface area contributed by atoms with Gasteiger partial charge in [-0.05, 0) is 75.2 Å². The van der Waals surface area contributed by atoms with Gasteiger partial charge in [-0.25, -0.2) is 4.39 Å². The summed E-state index contributed by atoms with van der Waals surface area (Å²) >= 11 is 0. The molecule has 2 saturated heterocycles. The minimum atomic E-state index is -0.475. The third-order valence-corrected chi connectivity index (χ3v) is 7.16. The fraction of sp³-hybridized carbons (Fsp3) is 0.393. The van der Waals surface area contributed by atoms with Crippen LogP contribution in [0.15, 0.2) is 54.7 Å². The van der Waals surface area contributed by atoms with Crippen LogP contribution >= 0.6 is 0 Å². The second-order valence-electron chi connectivity index (χ2n) is 9.49. The average Bonchev–Trinajstić information content (AvgIpc) is 3.31. The van der Waals surface area contributed by atoms with Crippen molar-refractivity contribution in [2.75, 3.05) is 44.2 Å². The lowest BCUT2D eigenvalue weighted by Crippen LogP contribution is -2.52. The lowest BCUT2D eigenvalue weighted by Gasteiger charge is -2.34. The molecule has 3 heterocycles. The van der Waals surface area contributed by atoms with Gasteiger partial charge in [-0.3, -0.25) is 14.6 Å². The quantitative estimate of drug-likeness (QED) is 0.467. The number of benzene rings is 2. The molecule has 1 aromatic heterocycles. The standard InChI is InChI=1S/C28H31FN4O3/c1-20-5-3-14-31(20)15-4-18-36-22-9-7-21(8-10-22)33-17-16-32(19-26(33)34)28(35)24-11-12-25(29)27-23(24)6-2-13-30-27/h2,6-13,20H,3-5,14-19H2,1H3. The summed E-state index contributed by atoms with van der Waals surface area (Å²) in [6.45, 7) is 5.92. The minimum absolute atomic E-state index is 0.0366. The Bertz CT molecular complexity index is 1250. The third kappa shape index (κ3) is 5.04. The fourth-order valence-electron chi connectivity index (χ4n) is 5.12. The molecule has 0 saturated carbocycles. The van der Waals surface area contributed by atoms with E-state index in [1.54, 1.807) is 17.0 Å². The molecule has 1 atom stereocenters. The van der Waals surface area contributed by atoms with Crippen LogP contribution in [0.5, 0.6) is 5.75 Å². The molecule has 2 aliphatic heterocycles. The molecule has 2 amide bonds. The van der Waals surface area contributed by atoms with Gasteiger partial charge in [0.2, 0.25) is 5.91 Å². The molecule has 0 N–H and O–H groups in total. The molecule has 188 valence electrons. The average molecular weight is 491 g/mol. The van der Waals surface area contributed by atoms with Crippen molar-refractivity contribution in [3.63, 3.8) is 0 Å². The zero-order chi connectivity index (χ0) is 25.1. The molecular weight excluding hydrogens is 459 g/mol. The Morgan fingerprint density at radius 1 is 1.11 bits per heavy atom. The van der Waals surface area contributed by atoms with Gasteiger partial charge in [-0.1, -0.05) is 6.07 Å². The summed E-state index contributed by atoms with van der Waals surface area (Å²) in [6, 6.07) is 14.3. The number of pyridine rings is 1. The lowest BCUT2D eigenvalue weighted by molar-refractivity contribution is -0.120. The van der Waals surface area contributed by atoms with Crippen LogP contribution in [-0.4, -0.2) is 72.0 Å². The highest BCUT2D eigenvalue weighted by Crippen LogP contribution is 2.25. The first kappa shape index (κ1) is 24.2. The number of aromatic nitrogens is 1. The van der Waals surface area contributed by atoms with Crippen LogP contribution in [0.1, 0.15) is 36.5 Å². The summed E-state index contributed by atoms with van der Waals surface area (Å²) < 4.78 is 20.0. The maximum Gasteiger partial charge on any atom is 0.255 e. The zero-order valence-corrected chi connectivity index (χ0v) is 20.5. The molecule has 0 spiro atoms. The molecule has 0 aliphatic carbocycles. The van der Waals surface area contributed by atoms with Gasteiger partial charge in [0, 0.05) is 48.5 Å². The number of nitrogens with zero attached hydrogens (tertiary/aromatic N) is 4. The normalized spacial score (nSPS) is 18.7. The van der Waals surface area contributed by atoms with Gasteiger partial charge in [-0.15, -0.1) is 0 Å². The van der Waals surface area contributed by atoms with Gasteiger partial charge in [0.15, 0.2) is 0 Å². The number of fused-ring (bicyclic) bond motifs is 1. The van der Waals surface area contributed by atoms with Crippen LogP contribution in [-0.2, 0) is 4.79 Å². The number of ether oxygens (including phenoxy) is 1. The molecule has 0 radical (unpaired) electrons. The van der Waals surface area contributed by atoms with Crippen molar-refractivity contribution >= 4 is 28.4 Å². The number of rotatable bonds is 7. The number of hydrogen-bond acceptors (Lipinski definition) is 5. The third-order valence-electron chi connectivity index (χ3n) is 7.16. The molecule has 0 bridgehead atoms. The zero-order valence-electron chi connectivity index (χ0n) is 20.5. The molecule has 8 heteroatoms. The summed E-state index contributed by atoms with van der Waals surface area (Å²) in [5.74, 6) is -0.149. The van der Waals surface area contributed by atoms with E-state index >= 15 is 0 Å². The van der Waals surface area contributed by atoms with E-state index in [2.05, 4.69) is 16.8 Å². The van der Waals surface area contributed by atoms with E-state index in [-0.39, 0.29) is 23.9 Å². The number of halogens is 1. The highest BCUT2D eigenvalue weighted by molar-refractivity contribution is 6.08. The minimum Gasteiger partial charge on any atom is -0.494 e. The van der Waals surface area contributed by atoms with E-state index in [9.17, 15) is 14.0 Å². The lowest BCUT2D eigenvalue weighted by atomic mass is 10.1. The summed E-state index contributed by atoms with van der Waals surface area (Å²) in [4.78, 5) is 35.9. The smallest absolute Gasteiger partial charge is 0.255 e. The molecular formula is C28H31FN4O3. The maximum absolute atomic E-state index is 14.1. The van der Waals surface area contributed by atoms with E-state index < -0.39 is 5.82 Å². The SMILES string of the molecule is CC1CCCN1CCCOc1ccc(N2CCN(C(=O)c3ccc(F)c4ncccc34)CC2=O)cc1. The second kappa shape index (κ2) is 10.6. The van der Waals surface area contributed by atoms with Crippen LogP contribution in [0.2, 0.25) is 0 Å². The van der Waals surface area contributed by atoms with E-state index in [1.807, 2.05) is 24.3 Å². The van der Waals surface area contributed by atoms with Crippen LogP contribution in [0.3, 0.4) is 0 Å². The summed E-state index contributed by atoms with van der Waals surface area (Å²) in [7, 11) is 0. The predicted octanol–water partition coefficient (Wildman–Crippen LogP) is 4.12. The van der Waals surface area contributed by atoms with Gasteiger partial charge in [-0.2, -0.15) is 0 Å². The highest BCUT2D eigenvalue weighted by Gasteiger charge is 2.29. The summed E-state index contributed by atoms with van der Waals surface area (Å²) in [5.41, 5.74) is 1.28. The van der Waals surface area contributed by atoms with Crippen molar-refractivity contribution in [2.45, 2.75) is 32.2 Å². The number of carbonyl (C=O) groups is 2. The van der Waals surface area contributed by atoms with Crippen LogP contribution in [0.4, 0.5) is 10.1 Å². The van der Waals surface area contributed by atoms with Crippen molar-refractivity contribution in [1.82, 2.24) is 14.8 Å². The van der Waals surface area contributed by atoms with Crippen molar-refractivity contribution < 1.29 is 18.7 Å².